The number of amides is 1. The smallest absolute Gasteiger partial charge is 0.444 e. The van der Waals surface area contributed by atoms with Gasteiger partial charge in [0.2, 0.25) is 0 Å². The second-order valence-electron chi connectivity index (χ2n) is 7.24. The molecule has 1 aromatic rings. The van der Waals surface area contributed by atoms with Gasteiger partial charge < -0.3 is 19.1 Å². The van der Waals surface area contributed by atoms with Gasteiger partial charge in [0, 0.05) is 18.7 Å². The number of carbonyl (C=O) groups excluding carboxylic acids is 2. The highest BCUT2D eigenvalue weighted by molar-refractivity contribution is 5.69. The predicted molar refractivity (Wildman–Crippen MR) is 95.7 cm³/mol. The molecule has 1 saturated heterocycles. The molecule has 1 amide bonds. The fourth-order valence-electron chi connectivity index (χ4n) is 2.66. The van der Waals surface area contributed by atoms with Crippen LogP contribution in [0.4, 0.5) is 15.3 Å². The van der Waals surface area contributed by atoms with E-state index in [-0.39, 0.29) is 24.1 Å². The van der Waals surface area contributed by atoms with E-state index in [1.165, 1.54) is 24.3 Å². The lowest BCUT2D eigenvalue weighted by atomic mass is 10.0. The van der Waals surface area contributed by atoms with Gasteiger partial charge in [-0.25, -0.2) is 9.59 Å². The van der Waals surface area contributed by atoms with Crippen molar-refractivity contribution in [1.82, 2.24) is 4.90 Å². The summed E-state index contributed by atoms with van der Waals surface area (Å²) in [5.41, 5.74) is -0.708. The zero-order valence-corrected chi connectivity index (χ0v) is 15.7. The van der Waals surface area contributed by atoms with Gasteiger partial charge in [0.1, 0.15) is 18.0 Å². The summed E-state index contributed by atoms with van der Waals surface area (Å²) in [5, 5.41) is 10.6. The Labute approximate surface area is 157 Å². The Morgan fingerprint density at radius 1 is 1.22 bits per heavy atom. The van der Waals surface area contributed by atoms with E-state index in [0.29, 0.717) is 13.0 Å². The number of piperidine rings is 1. The fraction of sp³-hybridized carbons (Fsp3) is 0.556. The van der Waals surface area contributed by atoms with Crippen LogP contribution in [0.25, 0.3) is 0 Å². The van der Waals surface area contributed by atoms with Crippen LogP contribution < -0.4 is 4.74 Å². The van der Waals surface area contributed by atoms with Crippen LogP contribution in [0.15, 0.2) is 24.3 Å². The lowest BCUT2D eigenvalue weighted by molar-refractivity contribution is -0.384. The number of ether oxygens (including phenoxy) is 3. The fourth-order valence-corrected chi connectivity index (χ4v) is 2.66. The number of hydrogen-bond acceptors (Lipinski definition) is 7. The highest BCUT2D eigenvalue weighted by Crippen LogP contribution is 2.21. The molecule has 148 valence electrons. The molecule has 9 heteroatoms. The van der Waals surface area contributed by atoms with E-state index in [1.54, 1.807) is 25.7 Å². The second kappa shape index (κ2) is 8.70. The van der Waals surface area contributed by atoms with Gasteiger partial charge in [-0.15, -0.1) is 0 Å². The monoisotopic (exact) mass is 380 g/mol. The zero-order chi connectivity index (χ0) is 20.0. The Bertz CT molecular complexity index is 682. The molecule has 1 heterocycles. The molecule has 0 N–H and O–H groups in total. The summed E-state index contributed by atoms with van der Waals surface area (Å²) in [6.07, 6.45) is 1.12. The Hall–Kier alpha value is -2.84. The van der Waals surface area contributed by atoms with Gasteiger partial charge in [0.25, 0.3) is 5.69 Å². The van der Waals surface area contributed by atoms with Gasteiger partial charge >= 0.3 is 12.2 Å². The summed E-state index contributed by atoms with van der Waals surface area (Å²) in [5.74, 6) is 0.137. The molecule has 1 aliphatic rings. The first-order chi connectivity index (χ1) is 12.7. The maximum atomic E-state index is 12.3. The first-order valence-electron chi connectivity index (χ1n) is 8.74. The van der Waals surface area contributed by atoms with Gasteiger partial charge in [-0.1, -0.05) is 0 Å². The van der Waals surface area contributed by atoms with Gasteiger partial charge in [-0.05, 0) is 52.2 Å². The van der Waals surface area contributed by atoms with Crippen LogP contribution in [0.5, 0.6) is 5.75 Å². The minimum absolute atomic E-state index is 0.00887. The van der Waals surface area contributed by atoms with Crippen molar-refractivity contribution < 1.29 is 28.7 Å². The lowest BCUT2D eigenvalue weighted by Crippen LogP contribution is -2.48. The Balaban J connectivity index is 1.88. The average molecular weight is 380 g/mol. The number of rotatable bonds is 4. The first kappa shape index (κ1) is 20.5. The van der Waals surface area contributed by atoms with Crippen LogP contribution in [0.3, 0.4) is 0 Å². The molecule has 1 atom stereocenters. The Kier molecular flexibility index (Phi) is 6.59. The second-order valence-corrected chi connectivity index (χ2v) is 7.24. The van der Waals surface area contributed by atoms with Crippen LogP contribution in [0, 0.1) is 10.1 Å². The largest absolute Gasteiger partial charge is 0.513 e. The third kappa shape index (κ3) is 6.43. The highest BCUT2D eigenvalue weighted by atomic mass is 16.7. The molecular weight excluding hydrogens is 356 g/mol. The maximum absolute atomic E-state index is 12.3. The lowest BCUT2D eigenvalue weighted by Gasteiger charge is -2.36. The molecule has 1 aliphatic heterocycles. The minimum Gasteiger partial charge on any atom is -0.444 e. The number of nitrogens with zero attached hydrogens (tertiary/aromatic N) is 2. The van der Waals surface area contributed by atoms with E-state index in [1.807, 2.05) is 0 Å². The Morgan fingerprint density at radius 3 is 2.48 bits per heavy atom. The summed E-state index contributed by atoms with van der Waals surface area (Å²) >= 11 is 0. The molecular formula is C18H24N2O7. The van der Waals surface area contributed by atoms with Gasteiger partial charge in [-0.3, -0.25) is 10.1 Å². The van der Waals surface area contributed by atoms with Crippen molar-refractivity contribution in [2.45, 2.75) is 51.7 Å². The van der Waals surface area contributed by atoms with E-state index in [0.717, 1.165) is 12.8 Å². The van der Waals surface area contributed by atoms with Crippen molar-refractivity contribution in [1.29, 1.82) is 0 Å². The average Bonchev–Trinajstić information content (AvgIpc) is 2.59. The van der Waals surface area contributed by atoms with Crippen molar-refractivity contribution in [2.24, 2.45) is 0 Å². The van der Waals surface area contributed by atoms with Gasteiger partial charge in [0.15, 0.2) is 0 Å². The number of likely N-dealkylation sites (tertiary alicyclic amines) is 1. The van der Waals surface area contributed by atoms with Crippen molar-refractivity contribution in [3.8, 4) is 5.75 Å². The third-order valence-corrected chi connectivity index (χ3v) is 3.90. The molecule has 1 aromatic carbocycles. The minimum atomic E-state index is -0.932. The van der Waals surface area contributed by atoms with E-state index in [9.17, 15) is 19.7 Å². The molecule has 9 nitrogen and oxygen atoms in total. The SMILES string of the molecule is CC(C)(C)OC(=O)N1CCCCC1COC(=O)Oc1ccc([N+](=O)[O-])cc1. The van der Waals surface area contributed by atoms with Gasteiger partial charge in [-0.2, -0.15) is 0 Å². The van der Waals surface area contributed by atoms with E-state index >= 15 is 0 Å². The van der Waals surface area contributed by atoms with Crippen molar-refractivity contribution in [3.63, 3.8) is 0 Å². The normalized spacial score (nSPS) is 17.1. The van der Waals surface area contributed by atoms with Crippen LogP contribution in [-0.2, 0) is 9.47 Å². The molecule has 0 aromatic heterocycles. The highest BCUT2D eigenvalue weighted by Gasteiger charge is 2.31. The number of carbonyl (C=O) groups is 2. The molecule has 0 aliphatic carbocycles. The van der Waals surface area contributed by atoms with Crippen LogP contribution in [-0.4, -0.2) is 46.9 Å². The molecule has 0 bridgehead atoms. The summed E-state index contributed by atoms with van der Waals surface area (Å²) in [6.45, 7) is 5.91. The number of hydrogen-bond donors (Lipinski definition) is 0. The summed E-state index contributed by atoms with van der Waals surface area (Å²) < 4.78 is 15.5. The Morgan fingerprint density at radius 2 is 1.89 bits per heavy atom. The molecule has 1 fully saturated rings. The first-order valence-corrected chi connectivity index (χ1v) is 8.74. The number of nitro groups is 1. The molecule has 2 rings (SSSR count). The quantitative estimate of drug-likeness (QED) is 0.337. The van der Waals surface area contributed by atoms with E-state index in [4.69, 9.17) is 14.2 Å². The van der Waals surface area contributed by atoms with Crippen LogP contribution in [0.1, 0.15) is 40.0 Å². The maximum Gasteiger partial charge on any atom is 0.513 e. The standard InChI is InChI=1S/C18H24N2O7/c1-18(2,3)27-16(21)19-11-5-4-6-14(19)12-25-17(22)26-15-9-7-13(8-10-15)20(23)24/h7-10,14H,4-6,11-12H2,1-3H3. The summed E-state index contributed by atoms with van der Waals surface area (Å²) in [7, 11) is 0. The predicted octanol–water partition coefficient (Wildman–Crippen LogP) is 3.90. The number of benzene rings is 1. The van der Waals surface area contributed by atoms with E-state index in [2.05, 4.69) is 0 Å². The van der Waals surface area contributed by atoms with Crippen molar-refractivity contribution in [3.05, 3.63) is 34.4 Å². The number of nitro benzene ring substituents is 1. The molecule has 0 saturated carbocycles. The summed E-state index contributed by atoms with van der Waals surface area (Å²) in [6, 6.07) is 4.81. The van der Waals surface area contributed by atoms with E-state index < -0.39 is 22.8 Å². The van der Waals surface area contributed by atoms with Crippen LogP contribution in [0.2, 0.25) is 0 Å². The summed E-state index contributed by atoms with van der Waals surface area (Å²) in [4.78, 5) is 35.8. The molecule has 1 unspecified atom stereocenters. The molecule has 0 spiro atoms. The number of non-ortho nitro benzene ring substituents is 1. The van der Waals surface area contributed by atoms with Crippen LogP contribution >= 0.6 is 0 Å². The third-order valence-electron chi connectivity index (χ3n) is 3.90. The van der Waals surface area contributed by atoms with Gasteiger partial charge in [0.05, 0.1) is 11.0 Å². The zero-order valence-electron chi connectivity index (χ0n) is 15.7. The molecule has 0 radical (unpaired) electrons. The van der Waals surface area contributed by atoms with Crippen molar-refractivity contribution in [2.75, 3.05) is 13.2 Å². The molecule has 27 heavy (non-hydrogen) atoms. The topological polar surface area (TPSA) is 108 Å². The van der Waals surface area contributed by atoms with Crippen molar-refractivity contribution >= 4 is 17.9 Å².